The molecule has 1 aromatic heterocycles. The fourth-order valence-corrected chi connectivity index (χ4v) is 4.49. The van der Waals surface area contributed by atoms with E-state index in [-0.39, 0.29) is 29.9 Å². The molecule has 32 heavy (non-hydrogen) atoms. The van der Waals surface area contributed by atoms with Crippen LogP contribution in [0.4, 0.5) is 0 Å². The summed E-state index contributed by atoms with van der Waals surface area (Å²) >= 11 is 1.23. The van der Waals surface area contributed by atoms with Crippen LogP contribution in [0.5, 0.6) is 0 Å². The third kappa shape index (κ3) is 4.84. The van der Waals surface area contributed by atoms with Crippen LogP contribution in [-0.2, 0) is 11.3 Å². The van der Waals surface area contributed by atoms with Crippen LogP contribution < -0.4 is 10.9 Å². The van der Waals surface area contributed by atoms with Gasteiger partial charge in [0.25, 0.3) is 5.56 Å². The van der Waals surface area contributed by atoms with Crippen LogP contribution in [0.15, 0.2) is 76.7 Å². The van der Waals surface area contributed by atoms with Gasteiger partial charge in [-0.15, -0.1) is 0 Å². The van der Waals surface area contributed by atoms with E-state index in [9.17, 15) is 14.7 Å². The van der Waals surface area contributed by atoms with Crippen molar-refractivity contribution in [1.29, 1.82) is 0 Å². The fourth-order valence-electron chi connectivity index (χ4n) is 3.66. The first-order valence-corrected chi connectivity index (χ1v) is 11.6. The van der Waals surface area contributed by atoms with Gasteiger partial charge in [-0.3, -0.25) is 14.2 Å². The van der Waals surface area contributed by atoms with Gasteiger partial charge < -0.3 is 10.4 Å². The van der Waals surface area contributed by atoms with E-state index in [0.29, 0.717) is 29.0 Å². The molecular weight excluding hydrogens is 422 g/mol. The van der Waals surface area contributed by atoms with Crippen LogP contribution in [0.25, 0.3) is 21.7 Å². The molecule has 1 atom stereocenters. The quantitative estimate of drug-likeness (QED) is 0.316. The summed E-state index contributed by atoms with van der Waals surface area (Å²) in [6, 6.07) is 21.3. The summed E-state index contributed by atoms with van der Waals surface area (Å²) in [5, 5.41) is 15.5. The molecule has 164 valence electrons. The summed E-state index contributed by atoms with van der Waals surface area (Å²) < 4.78 is 1.54. The average Bonchev–Trinajstić information content (AvgIpc) is 2.82. The second kappa shape index (κ2) is 9.97. The zero-order chi connectivity index (χ0) is 22.5. The van der Waals surface area contributed by atoms with Gasteiger partial charge in [-0.05, 0) is 47.9 Å². The lowest BCUT2D eigenvalue weighted by molar-refractivity contribution is -0.119. The highest BCUT2D eigenvalue weighted by Gasteiger charge is 2.15. The van der Waals surface area contributed by atoms with Gasteiger partial charge in [0.2, 0.25) is 5.91 Å². The van der Waals surface area contributed by atoms with Crippen LogP contribution in [0.1, 0.15) is 24.9 Å². The van der Waals surface area contributed by atoms with Crippen molar-refractivity contribution in [2.75, 3.05) is 12.4 Å². The van der Waals surface area contributed by atoms with Crippen molar-refractivity contribution in [3.05, 3.63) is 82.6 Å². The maximum atomic E-state index is 12.9. The lowest BCUT2D eigenvalue weighted by atomic mass is 10.0. The summed E-state index contributed by atoms with van der Waals surface area (Å²) in [5.41, 5.74) is 1.48. The lowest BCUT2D eigenvalue weighted by Crippen LogP contribution is -2.29. The highest BCUT2D eigenvalue weighted by molar-refractivity contribution is 7.99. The van der Waals surface area contributed by atoms with Gasteiger partial charge >= 0.3 is 0 Å². The van der Waals surface area contributed by atoms with E-state index >= 15 is 0 Å². The molecule has 1 amide bonds. The van der Waals surface area contributed by atoms with Gasteiger partial charge in [0.15, 0.2) is 5.16 Å². The standard InChI is InChI=1S/C25H25N3O3S/c1-17(19-12-11-18-7-2-3-8-20(18)15-19)26-23(30)16-32-25-27-22-10-5-4-9-21(22)24(31)28(25)13-6-14-29/h2-5,7-12,15,17,29H,6,13-14,16H2,1H3,(H,26,30). The van der Waals surface area contributed by atoms with Crippen molar-refractivity contribution in [3.8, 4) is 0 Å². The van der Waals surface area contributed by atoms with E-state index in [0.717, 1.165) is 16.3 Å². The molecule has 0 aliphatic carbocycles. The number of benzene rings is 3. The van der Waals surface area contributed by atoms with Gasteiger partial charge in [-0.1, -0.05) is 60.3 Å². The van der Waals surface area contributed by atoms with Crippen molar-refractivity contribution in [1.82, 2.24) is 14.9 Å². The zero-order valence-electron chi connectivity index (χ0n) is 17.8. The molecule has 4 aromatic rings. The van der Waals surface area contributed by atoms with Crippen molar-refractivity contribution >= 4 is 39.3 Å². The Kier molecular flexibility index (Phi) is 6.87. The number of carbonyl (C=O) groups is 1. The largest absolute Gasteiger partial charge is 0.396 e. The van der Waals surface area contributed by atoms with Gasteiger partial charge in [0.05, 0.1) is 22.7 Å². The fraction of sp³-hybridized carbons (Fsp3) is 0.240. The molecule has 0 saturated carbocycles. The molecule has 1 unspecified atom stereocenters. The number of fused-ring (bicyclic) bond motifs is 2. The minimum Gasteiger partial charge on any atom is -0.396 e. The van der Waals surface area contributed by atoms with Crippen LogP contribution in [0, 0.1) is 0 Å². The molecule has 0 fully saturated rings. The number of rotatable bonds is 8. The Morgan fingerprint density at radius 1 is 1.09 bits per heavy atom. The minimum absolute atomic E-state index is 0.0207. The van der Waals surface area contributed by atoms with E-state index in [1.165, 1.54) is 11.8 Å². The van der Waals surface area contributed by atoms with E-state index in [1.54, 1.807) is 22.8 Å². The van der Waals surface area contributed by atoms with E-state index in [2.05, 4.69) is 34.6 Å². The number of hydrogen-bond donors (Lipinski definition) is 2. The normalized spacial score (nSPS) is 12.2. The van der Waals surface area contributed by atoms with E-state index in [1.807, 2.05) is 31.2 Å². The molecule has 3 aromatic carbocycles. The number of nitrogens with zero attached hydrogens (tertiary/aromatic N) is 2. The summed E-state index contributed by atoms with van der Waals surface area (Å²) in [7, 11) is 0. The molecule has 7 heteroatoms. The van der Waals surface area contributed by atoms with Gasteiger partial charge in [0.1, 0.15) is 0 Å². The average molecular weight is 448 g/mol. The summed E-state index contributed by atoms with van der Waals surface area (Å²) in [6.07, 6.45) is 0.443. The van der Waals surface area contributed by atoms with Crippen LogP contribution >= 0.6 is 11.8 Å². The predicted octanol–water partition coefficient (Wildman–Crippen LogP) is 3.90. The first kappa shape index (κ1) is 22.0. The first-order chi connectivity index (χ1) is 15.6. The SMILES string of the molecule is CC(NC(=O)CSc1nc2ccccc2c(=O)n1CCCO)c1ccc2ccccc2c1. The van der Waals surface area contributed by atoms with Crippen molar-refractivity contribution in [2.24, 2.45) is 0 Å². The molecule has 4 rings (SSSR count). The molecular formula is C25H25N3O3S. The van der Waals surface area contributed by atoms with E-state index in [4.69, 9.17) is 0 Å². The van der Waals surface area contributed by atoms with Gasteiger partial charge in [-0.2, -0.15) is 0 Å². The Hall–Kier alpha value is -3.16. The number of thioether (sulfide) groups is 1. The molecule has 0 spiro atoms. The third-order valence-corrected chi connectivity index (χ3v) is 6.33. The molecule has 0 saturated heterocycles. The topological polar surface area (TPSA) is 84.2 Å². The Labute approximate surface area is 190 Å². The van der Waals surface area contributed by atoms with E-state index < -0.39 is 0 Å². The lowest BCUT2D eigenvalue weighted by Gasteiger charge is -2.16. The van der Waals surface area contributed by atoms with Gasteiger partial charge in [0, 0.05) is 13.2 Å². The molecule has 0 bridgehead atoms. The number of hydrogen-bond acceptors (Lipinski definition) is 5. The Morgan fingerprint density at radius 3 is 2.66 bits per heavy atom. The number of aliphatic hydroxyl groups excluding tert-OH is 1. The van der Waals surface area contributed by atoms with Crippen molar-refractivity contribution in [2.45, 2.75) is 31.1 Å². The maximum Gasteiger partial charge on any atom is 0.262 e. The Balaban J connectivity index is 1.48. The van der Waals surface area contributed by atoms with Crippen LogP contribution in [0.3, 0.4) is 0 Å². The molecule has 1 heterocycles. The molecule has 0 radical (unpaired) electrons. The Morgan fingerprint density at radius 2 is 1.84 bits per heavy atom. The number of aromatic nitrogens is 2. The summed E-state index contributed by atoms with van der Waals surface area (Å²) in [4.78, 5) is 30.1. The summed E-state index contributed by atoms with van der Waals surface area (Å²) in [5.74, 6) is 0.00808. The molecule has 2 N–H and O–H groups in total. The molecule has 0 aliphatic heterocycles. The van der Waals surface area contributed by atoms with Crippen molar-refractivity contribution < 1.29 is 9.90 Å². The maximum absolute atomic E-state index is 12.9. The molecule has 6 nitrogen and oxygen atoms in total. The zero-order valence-corrected chi connectivity index (χ0v) is 18.6. The number of carbonyl (C=O) groups excluding carboxylic acids is 1. The summed E-state index contributed by atoms with van der Waals surface area (Å²) in [6.45, 7) is 2.29. The number of para-hydroxylation sites is 1. The predicted molar refractivity (Wildman–Crippen MR) is 129 cm³/mol. The smallest absolute Gasteiger partial charge is 0.262 e. The van der Waals surface area contributed by atoms with Crippen molar-refractivity contribution in [3.63, 3.8) is 0 Å². The number of nitrogens with one attached hydrogen (secondary N) is 1. The number of amides is 1. The third-order valence-electron chi connectivity index (χ3n) is 5.35. The second-order valence-electron chi connectivity index (χ2n) is 7.63. The number of aliphatic hydroxyl groups is 1. The van der Waals surface area contributed by atoms with Crippen LogP contribution in [-0.4, -0.2) is 32.9 Å². The Bertz CT molecular complexity index is 1320. The van der Waals surface area contributed by atoms with Gasteiger partial charge in [-0.25, -0.2) is 4.98 Å². The highest BCUT2D eigenvalue weighted by Crippen LogP contribution is 2.21. The highest BCUT2D eigenvalue weighted by atomic mass is 32.2. The second-order valence-corrected chi connectivity index (χ2v) is 8.57. The molecule has 0 aliphatic rings. The minimum atomic E-state index is -0.156. The first-order valence-electron chi connectivity index (χ1n) is 10.6. The van der Waals surface area contributed by atoms with Crippen LogP contribution in [0.2, 0.25) is 0 Å². The monoisotopic (exact) mass is 447 g/mol.